The average Bonchev–Trinajstić information content (AvgIpc) is 3.58. The largest absolute Gasteiger partial charge is 0.444 e. The molecule has 228 valence electrons. The van der Waals surface area contributed by atoms with Crippen LogP contribution in [0.5, 0.6) is 0 Å². The molecule has 2 aliphatic rings. The Kier molecular flexibility index (Phi) is 7.00. The lowest BCUT2D eigenvalue weighted by Gasteiger charge is -2.33. The van der Waals surface area contributed by atoms with Crippen LogP contribution in [0.15, 0.2) is 23.2 Å². The number of rotatable bonds is 5. The minimum atomic E-state index is -4.58. The van der Waals surface area contributed by atoms with Gasteiger partial charge in [-0.2, -0.15) is 18.3 Å². The molecular weight excluding hydrogens is 567 g/mol. The number of nitrogens with zero attached hydrogens (tertiary/aromatic N) is 8. The minimum Gasteiger partial charge on any atom is -0.444 e. The molecule has 1 aliphatic carbocycles. The second-order valence-electron chi connectivity index (χ2n) is 12.1. The Morgan fingerprint density at radius 2 is 1.70 bits per heavy atom. The number of nitrogens with two attached hydrogens (primary N) is 1. The average molecular weight is 600 g/mol. The van der Waals surface area contributed by atoms with Crippen LogP contribution in [-0.2, 0) is 4.74 Å². The highest BCUT2D eigenvalue weighted by Gasteiger charge is 2.41. The van der Waals surface area contributed by atoms with Crippen molar-refractivity contribution in [1.82, 2.24) is 39.8 Å². The number of carbonyl (C=O) groups excluding carboxylic acids is 1. The quantitative estimate of drug-likeness (QED) is 0.305. The molecule has 4 aromatic rings. The van der Waals surface area contributed by atoms with Gasteiger partial charge in [0.05, 0.1) is 10.9 Å². The Labute approximate surface area is 244 Å². The monoisotopic (exact) mass is 599 g/mol. The SMILES string of the molecule is CC(n1nc(-c2noc(C3CC3)c2-c2ncc(C3CCN(C(=O)OC(C)(C)C)CC3)cn2)c2c(N)ncnc21)C(F)(F)F. The summed E-state index contributed by atoms with van der Waals surface area (Å²) in [6.45, 7) is 7.62. The number of halogens is 3. The van der Waals surface area contributed by atoms with Crippen molar-refractivity contribution < 1.29 is 27.2 Å². The summed E-state index contributed by atoms with van der Waals surface area (Å²) < 4.78 is 53.2. The normalized spacial score (nSPS) is 17.4. The zero-order valence-electron chi connectivity index (χ0n) is 24.2. The summed E-state index contributed by atoms with van der Waals surface area (Å²) in [7, 11) is 0. The van der Waals surface area contributed by atoms with Gasteiger partial charge in [-0.15, -0.1) is 0 Å². The zero-order chi connectivity index (χ0) is 30.7. The van der Waals surface area contributed by atoms with Crippen LogP contribution in [0.25, 0.3) is 33.8 Å². The van der Waals surface area contributed by atoms with E-state index in [0.29, 0.717) is 30.2 Å². The Hall–Kier alpha value is -4.30. The van der Waals surface area contributed by atoms with E-state index in [1.807, 2.05) is 20.8 Å². The lowest BCUT2D eigenvalue weighted by Crippen LogP contribution is -2.41. The Balaban J connectivity index is 1.32. The number of fused-ring (bicyclic) bond motifs is 1. The number of anilines is 1. The molecule has 4 aromatic heterocycles. The third-order valence-electron chi connectivity index (χ3n) is 7.76. The molecule has 0 bridgehead atoms. The van der Waals surface area contributed by atoms with Gasteiger partial charge in [0.1, 0.15) is 35.2 Å². The summed E-state index contributed by atoms with van der Waals surface area (Å²) in [5, 5.41) is 8.68. The highest BCUT2D eigenvalue weighted by Crippen LogP contribution is 2.48. The van der Waals surface area contributed by atoms with E-state index in [9.17, 15) is 18.0 Å². The summed E-state index contributed by atoms with van der Waals surface area (Å²) in [6, 6.07) is -1.98. The van der Waals surface area contributed by atoms with Crippen molar-refractivity contribution in [2.45, 2.75) is 83.0 Å². The number of amides is 1. The molecule has 6 rings (SSSR count). The van der Waals surface area contributed by atoms with E-state index in [0.717, 1.165) is 49.2 Å². The molecule has 5 heterocycles. The van der Waals surface area contributed by atoms with Crippen LogP contribution in [0.3, 0.4) is 0 Å². The fraction of sp³-hybridized carbons (Fsp3) is 0.536. The summed E-state index contributed by atoms with van der Waals surface area (Å²) in [5.74, 6) is 1.08. The molecular formula is C28H32F3N9O3. The first kappa shape index (κ1) is 28.8. The third kappa shape index (κ3) is 5.59. The summed E-state index contributed by atoms with van der Waals surface area (Å²) in [6.07, 6.45) is 2.89. The molecule has 2 N–H and O–H groups in total. The number of carbonyl (C=O) groups is 1. The van der Waals surface area contributed by atoms with Crippen LogP contribution in [0.2, 0.25) is 0 Å². The van der Waals surface area contributed by atoms with Crippen LogP contribution in [0, 0.1) is 0 Å². The second kappa shape index (κ2) is 10.5. The Morgan fingerprint density at radius 3 is 2.30 bits per heavy atom. The first-order valence-corrected chi connectivity index (χ1v) is 14.2. The van der Waals surface area contributed by atoms with Gasteiger partial charge in [0.25, 0.3) is 0 Å². The molecule has 1 aliphatic heterocycles. The van der Waals surface area contributed by atoms with Gasteiger partial charge in [-0.05, 0) is 64.9 Å². The number of likely N-dealkylation sites (tertiary alicyclic amines) is 1. The third-order valence-corrected chi connectivity index (χ3v) is 7.76. The van der Waals surface area contributed by atoms with Gasteiger partial charge in [-0.25, -0.2) is 29.4 Å². The molecule has 12 nitrogen and oxygen atoms in total. The fourth-order valence-corrected chi connectivity index (χ4v) is 5.27. The summed E-state index contributed by atoms with van der Waals surface area (Å²) >= 11 is 0. The lowest BCUT2D eigenvalue weighted by molar-refractivity contribution is -0.164. The number of piperidine rings is 1. The zero-order valence-corrected chi connectivity index (χ0v) is 24.2. The highest BCUT2D eigenvalue weighted by molar-refractivity contribution is 6.00. The maximum absolute atomic E-state index is 13.7. The van der Waals surface area contributed by atoms with Crippen molar-refractivity contribution in [1.29, 1.82) is 0 Å². The second-order valence-corrected chi connectivity index (χ2v) is 12.1. The summed E-state index contributed by atoms with van der Waals surface area (Å²) in [5.41, 5.74) is 7.14. The first-order chi connectivity index (χ1) is 20.3. The van der Waals surface area contributed by atoms with Gasteiger partial charge in [-0.3, -0.25) is 0 Å². The maximum atomic E-state index is 13.7. The first-order valence-electron chi connectivity index (χ1n) is 14.2. The maximum Gasteiger partial charge on any atom is 0.410 e. The van der Waals surface area contributed by atoms with Crippen LogP contribution >= 0.6 is 0 Å². The van der Waals surface area contributed by atoms with E-state index in [1.54, 1.807) is 17.3 Å². The van der Waals surface area contributed by atoms with E-state index >= 15 is 0 Å². The van der Waals surface area contributed by atoms with Gasteiger partial charge in [-0.1, -0.05) is 5.16 Å². The van der Waals surface area contributed by atoms with Crippen LogP contribution in [0.1, 0.15) is 82.6 Å². The van der Waals surface area contributed by atoms with Crippen LogP contribution in [0.4, 0.5) is 23.8 Å². The highest BCUT2D eigenvalue weighted by atomic mass is 19.4. The van der Waals surface area contributed by atoms with Crippen LogP contribution in [-0.4, -0.2) is 70.7 Å². The van der Waals surface area contributed by atoms with Gasteiger partial charge in [0.2, 0.25) is 0 Å². The molecule has 1 saturated heterocycles. The molecule has 1 unspecified atom stereocenters. The molecule has 1 amide bonds. The Morgan fingerprint density at radius 1 is 1.02 bits per heavy atom. The predicted octanol–water partition coefficient (Wildman–Crippen LogP) is 5.64. The number of alkyl halides is 3. The van der Waals surface area contributed by atoms with Gasteiger partial charge in [0.15, 0.2) is 17.2 Å². The van der Waals surface area contributed by atoms with Crippen LogP contribution < -0.4 is 5.73 Å². The molecule has 1 atom stereocenters. The number of nitrogen functional groups attached to an aromatic ring is 1. The predicted molar refractivity (Wildman–Crippen MR) is 149 cm³/mol. The van der Waals surface area contributed by atoms with E-state index in [4.69, 9.17) is 15.0 Å². The number of hydrogen-bond acceptors (Lipinski definition) is 10. The molecule has 43 heavy (non-hydrogen) atoms. The van der Waals surface area contributed by atoms with E-state index in [1.165, 1.54) is 0 Å². The number of hydrogen-bond donors (Lipinski definition) is 1. The summed E-state index contributed by atoms with van der Waals surface area (Å²) in [4.78, 5) is 31.5. The van der Waals surface area contributed by atoms with E-state index in [2.05, 4.69) is 30.2 Å². The topological polar surface area (TPSA) is 151 Å². The molecule has 0 aromatic carbocycles. The van der Waals surface area contributed by atoms with Gasteiger partial charge < -0.3 is 19.9 Å². The minimum absolute atomic E-state index is 0.0310. The van der Waals surface area contributed by atoms with E-state index in [-0.39, 0.29) is 46.2 Å². The standard InChI is InChI=1S/C28H32F3N9O3/c1-14(28(29,30)31)40-25-19(23(32)35-13-36-25)20(37-40)21-18(22(43-38-21)16-5-6-16)24-33-11-17(12-34-24)15-7-9-39(10-8-15)26(41)42-27(2,3)4/h11-16H,5-10H2,1-4H3,(H2,32,35,36). The number of aromatic nitrogens is 7. The molecule has 0 spiro atoms. The smallest absolute Gasteiger partial charge is 0.410 e. The van der Waals surface area contributed by atoms with Crippen molar-refractivity contribution >= 4 is 22.9 Å². The van der Waals surface area contributed by atoms with Gasteiger partial charge in [0, 0.05) is 31.4 Å². The van der Waals surface area contributed by atoms with Crippen molar-refractivity contribution in [3.05, 3.63) is 30.0 Å². The van der Waals surface area contributed by atoms with Crippen molar-refractivity contribution in [3.63, 3.8) is 0 Å². The van der Waals surface area contributed by atoms with E-state index < -0.39 is 17.8 Å². The molecule has 1 saturated carbocycles. The van der Waals surface area contributed by atoms with Gasteiger partial charge >= 0.3 is 12.3 Å². The fourth-order valence-electron chi connectivity index (χ4n) is 5.27. The van der Waals surface area contributed by atoms with Crippen molar-refractivity contribution in [2.24, 2.45) is 0 Å². The Bertz CT molecular complexity index is 1650. The van der Waals surface area contributed by atoms with Crippen molar-refractivity contribution in [2.75, 3.05) is 18.8 Å². The van der Waals surface area contributed by atoms with Crippen molar-refractivity contribution in [3.8, 4) is 22.8 Å². The molecule has 2 fully saturated rings. The molecule has 15 heteroatoms. The molecule has 0 radical (unpaired) electrons. The number of ether oxygens (including phenoxy) is 1. The lowest BCUT2D eigenvalue weighted by atomic mass is 9.91.